The van der Waals surface area contributed by atoms with Gasteiger partial charge in [-0.2, -0.15) is 0 Å². The summed E-state index contributed by atoms with van der Waals surface area (Å²) in [5, 5.41) is 6.67. The van der Waals surface area contributed by atoms with E-state index in [1.54, 1.807) is 11.3 Å². The van der Waals surface area contributed by atoms with Crippen molar-refractivity contribution in [2.75, 3.05) is 0 Å². The number of hydrogen-bond donors (Lipinski definition) is 2. The lowest BCUT2D eigenvalue weighted by Gasteiger charge is -2.16. The van der Waals surface area contributed by atoms with E-state index in [0.717, 1.165) is 18.7 Å². The van der Waals surface area contributed by atoms with E-state index in [2.05, 4.69) is 29.5 Å². The predicted molar refractivity (Wildman–Crippen MR) is 61.4 cm³/mol. The monoisotopic (exact) mass is 213 g/mol. The molecule has 3 nitrogen and oxygen atoms in total. The van der Waals surface area contributed by atoms with E-state index in [9.17, 15) is 0 Å². The average Bonchev–Trinajstić information content (AvgIpc) is 2.61. The van der Waals surface area contributed by atoms with Gasteiger partial charge < -0.3 is 11.1 Å². The number of nitrogens with two attached hydrogens (primary N) is 1. The van der Waals surface area contributed by atoms with E-state index in [-0.39, 0.29) is 6.04 Å². The van der Waals surface area contributed by atoms with Gasteiger partial charge in [0.15, 0.2) is 0 Å². The van der Waals surface area contributed by atoms with E-state index in [4.69, 9.17) is 5.73 Å². The predicted octanol–water partition coefficient (Wildman–Crippen LogP) is 1.53. The molecule has 1 heterocycles. The van der Waals surface area contributed by atoms with Crippen molar-refractivity contribution < 1.29 is 0 Å². The zero-order chi connectivity index (χ0) is 10.6. The molecule has 0 aliphatic carbocycles. The van der Waals surface area contributed by atoms with E-state index < -0.39 is 0 Å². The first-order chi connectivity index (χ1) is 6.63. The van der Waals surface area contributed by atoms with Gasteiger partial charge in [-0.25, -0.2) is 4.98 Å². The average molecular weight is 213 g/mol. The molecule has 0 aliphatic heterocycles. The number of aryl methyl sites for hydroxylation is 1. The molecule has 1 aromatic heterocycles. The summed E-state index contributed by atoms with van der Waals surface area (Å²) in [5.41, 5.74) is 6.88. The smallest absolute Gasteiger partial charge is 0.0926 e. The minimum atomic E-state index is 0.180. The third kappa shape index (κ3) is 3.36. The molecule has 1 rings (SSSR count). The number of aromatic nitrogens is 1. The molecule has 0 spiro atoms. The van der Waals surface area contributed by atoms with Gasteiger partial charge in [-0.15, -0.1) is 11.3 Å². The van der Waals surface area contributed by atoms with Crippen molar-refractivity contribution in [1.82, 2.24) is 10.3 Å². The minimum Gasteiger partial charge on any atom is -0.327 e. The van der Waals surface area contributed by atoms with Crippen LogP contribution in [0.4, 0.5) is 0 Å². The van der Waals surface area contributed by atoms with Crippen LogP contribution in [0.3, 0.4) is 0 Å². The van der Waals surface area contributed by atoms with Crippen molar-refractivity contribution in [1.29, 1.82) is 0 Å². The second-order valence-electron chi connectivity index (χ2n) is 3.61. The lowest BCUT2D eigenvalue weighted by molar-refractivity contribution is 0.475. The van der Waals surface area contributed by atoms with Gasteiger partial charge in [-0.3, -0.25) is 0 Å². The molecule has 0 amide bonds. The SMILES string of the molecule is CCc1nc(CNC(C)C(C)N)cs1. The van der Waals surface area contributed by atoms with Gasteiger partial charge in [0.1, 0.15) is 0 Å². The third-order valence-corrected chi connectivity index (χ3v) is 3.34. The Balaban J connectivity index is 2.37. The Morgan fingerprint density at radius 3 is 2.79 bits per heavy atom. The molecule has 0 saturated heterocycles. The van der Waals surface area contributed by atoms with Crippen LogP contribution in [-0.2, 0) is 13.0 Å². The molecule has 80 valence electrons. The number of thiazole rings is 1. The molecule has 3 N–H and O–H groups in total. The summed E-state index contributed by atoms with van der Waals surface area (Å²) in [5.74, 6) is 0. The summed E-state index contributed by atoms with van der Waals surface area (Å²) in [6, 6.07) is 0.515. The molecular weight excluding hydrogens is 194 g/mol. The van der Waals surface area contributed by atoms with Gasteiger partial charge in [-0.05, 0) is 20.3 Å². The fourth-order valence-electron chi connectivity index (χ4n) is 1.04. The van der Waals surface area contributed by atoms with Gasteiger partial charge in [0.2, 0.25) is 0 Å². The zero-order valence-electron chi connectivity index (χ0n) is 9.08. The molecule has 0 aromatic carbocycles. The molecule has 4 heteroatoms. The first kappa shape index (κ1) is 11.6. The summed E-state index contributed by atoms with van der Waals surface area (Å²) in [6.45, 7) is 7.05. The summed E-state index contributed by atoms with van der Waals surface area (Å²) in [4.78, 5) is 4.48. The fraction of sp³-hybridized carbons (Fsp3) is 0.700. The van der Waals surface area contributed by atoms with Crippen molar-refractivity contribution in [2.24, 2.45) is 5.73 Å². The molecule has 2 atom stereocenters. The first-order valence-corrected chi connectivity index (χ1v) is 5.93. The van der Waals surface area contributed by atoms with Crippen LogP contribution in [0.2, 0.25) is 0 Å². The Morgan fingerprint density at radius 2 is 2.29 bits per heavy atom. The Bertz CT molecular complexity index is 270. The molecule has 0 bridgehead atoms. The highest BCUT2D eigenvalue weighted by Gasteiger charge is 2.07. The van der Waals surface area contributed by atoms with Crippen LogP contribution >= 0.6 is 11.3 Å². The molecule has 1 aromatic rings. The first-order valence-electron chi connectivity index (χ1n) is 5.05. The van der Waals surface area contributed by atoms with Crippen molar-refractivity contribution in [3.63, 3.8) is 0 Å². The lowest BCUT2D eigenvalue weighted by Crippen LogP contribution is -2.40. The maximum absolute atomic E-state index is 5.75. The topological polar surface area (TPSA) is 50.9 Å². The maximum Gasteiger partial charge on any atom is 0.0926 e. The van der Waals surface area contributed by atoms with Crippen LogP contribution in [0.15, 0.2) is 5.38 Å². The minimum absolute atomic E-state index is 0.180. The normalized spacial score (nSPS) is 15.4. The van der Waals surface area contributed by atoms with Crippen LogP contribution in [0.5, 0.6) is 0 Å². The number of nitrogens with one attached hydrogen (secondary N) is 1. The van der Waals surface area contributed by atoms with Crippen LogP contribution in [0.1, 0.15) is 31.5 Å². The van der Waals surface area contributed by atoms with Gasteiger partial charge in [0.25, 0.3) is 0 Å². The quantitative estimate of drug-likeness (QED) is 0.780. The van der Waals surface area contributed by atoms with Crippen LogP contribution in [-0.4, -0.2) is 17.1 Å². The van der Waals surface area contributed by atoms with Crippen molar-refractivity contribution >= 4 is 11.3 Å². The van der Waals surface area contributed by atoms with E-state index in [1.165, 1.54) is 5.01 Å². The number of rotatable bonds is 5. The summed E-state index contributed by atoms with van der Waals surface area (Å²) in [7, 11) is 0. The molecule has 0 radical (unpaired) electrons. The molecule has 0 fully saturated rings. The second-order valence-corrected chi connectivity index (χ2v) is 4.56. The second kappa shape index (κ2) is 5.44. The molecular formula is C10H19N3S. The summed E-state index contributed by atoms with van der Waals surface area (Å²) < 4.78 is 0. The largest absolute Gasteiger partial charge is 0.327 e. The number of hydrogen-bond acceptors (Lipinski definition) is 4. The third-order valence-electron chi connectivity index (χ3n) is 2.30. The van der Waals surface area contributed by atoms with Crippen molar-refractivity contribution in [3.05, 3.63) is 16.1 Å². The molecule has 14 heavy (non-hydrogen) atoms. The van der Waals surface area contributed by atoms with Crippen LogP contribution < -0.4 is 11.1 Å². The molecule has 0 aliphatic rings. The standard InChI is InChI=1S/C10H19N3S/c1-4-10-13-9(6-14-10)5-12-8(3)7(2)11/h6-8,12H,4-5,11H2,1-3H3. The Morgan fingerprint density at radius 1 is 1.57 bits per heavy atom. The van der Waals surface area contributed by atoms with E-state index >= 15 is 0 Å². The maximum atomic E-state index is 5.75. The van der Waals surface area contributed by atoms with Crippen LogP contribution in [0, 0.1) is 0 Å². The zero-order valence-corrected chi connectivity index (χ0v) is 9.90. The number of nitrogens with zero attached hydrogens (tertiary/aromatic N) is 1. The van der Waals surface area contributed by atoms with E-state index in [0.29, 0.717) is 6.04 Å². The summed E-state index contributed by atoms with van der Waals surface area (Å²) in [6.07, 6.45) is 1.02. The highest BCUT2D eigenvalue weighted by molar-refractivity contribution is 7.09. The van der Waals surface area contributed by atoms with Crippen LogP contribution in [0.25, 0.3) is 0 Å². The van der Waals surface area contributed by atoms with Gasteiger partial charge in [-0.1, -0.05) is 6.92 Å². The highest BCUT2D eigenvalue weighted by atomic mass is 32.1. The molecule has 2 unspecified atom stereocenters. The lowest BCUT2D eigenvalue weighted by atomic mass is 10.2. The summed E-state index contributed by atoms with van der Waals surface area (Å²) >= 11 is 1.73. The van der Waals surface area contributed by atoms with Crippen molar-refractivity contribution in [3.8, 4) is 0 Å². The Kier molecular flexibility index (Phi) is 4.51. The van der Waals surface area contributed by atoms with Crippen molar-refractivity contribution in [2.45, 2.75) is 45.8 Å². The van der Waals surface area contributed by atoms with Gasteiger partial charge in [0, 0.05) is 24.0 Å². The fourth-order valence-corrected chi connectivity index (χ4v) is 1.79. The van der Waals surface area contributed by atoms with Gasteiger partial charge in [0.05, 0.1) is 10.7 Å². The van der Waals surface area contributed by atoms with Gasteiger partial charge >= 0.3 is 0 Å². The Labute approximate surface area is 89.7 Å². The van der Waals surface area contributed by atoms with E-state index in [1.807, 2.05) is 6.92 Å². The molecule has 0 saturated carbocycles. The Hall–Kier alpha value is -0.450. The highest BCUT2D eigenvalue weighted by Crippen LogP contribution is 2.09.